The monoisotopic (exact) mass is 367 g/mol. The lowest BCUT2D eigenvalue weighted by molar-refractivity contribution is 0.151. The SMILES string of the molecule is O=S(=O)(N[C@@H]1c2ccccc2CC1O)c1ccccc1Br. The number of benzene rings is 2. The van der Waals surface area contributed by atoms with Crippen LogP contribution in [0.25, 0.3) is 0 Å². The molecule has 0 fully saturated rings. The zero-order valence-corrected chi connectivity index (χ0v) is 13.4. The zero-order valence-electron chi connectivity index (χ0n) is 11.0. The number of aliphatic hydroxyl groups is 1. The van der Waals surface area contributed by atoms with Crippen molar-refractivity contribution in [2.45, 2.75) is 23.5 Å². The summed E-state index contributed by atoms with van der Waals surface area (Å²) in [6.45, 7) is 0. The van der Waals surface area contributed by atoms with Gasteiger partial charge in [-0.1, -0.05) is 36.4 Å². The highest BCUT2D eigenvalue weighted by atomic mass is 79.9. The Morgan fingerprint density at radius 1 is 1.10 bits per heavy atom. The van der Waals surface area contributed by atoms with E-state index in [9.17, 15) is 13.5 Å². The van der Waals surface area contributed by atoms with Crippen LogP contribution in [0.2, 0.25) is 0 Å². The Kier molecular flexibility index (Phi) is 3.88. The number of nitrogens with one attached hydrogen (secondary N) is 1. The van der Waals surface area contributed by atoms with Crippen molar-refractivity contribution < 1.29 is 13.5 Å². The maximum atomic E-state index is 12.5. The molecule has 3 rings (SSSR count). The predicted octanol–water partition coefficient (Wildman–Crippen LogP) is 2.39. The number of halogens is 1. The van der Waals surface area contributed by atoms with Crippen LogP contribution >= 0.6 is 15.9 Å². The summed E-state index contributed by atoms with van der Waals surface area (Å²) in [4.78, 5) is 0.168. The number of hydrogen-bond donors (Lipinski definition) is 2. The first-order valence-corrected chi connectivity index (χ1v) is 8.79. The molecule has 0 aliphatic heterocycles. The molecular weight excluding hydrogens is 354 g/mol. The molecule has 2 aromatic rings. The minimum Gasteiger partial charge on any atom is -0.391 e. The van der Waals surface area contributed by atoms with Gasteiger partial charge in [-0.2, -0.15) is 0 Å². The van der Waals surface area contributed by atoms with Gasteiger partial charge in [-0.05, 0) is 39.2 Å². The lowest BCUT2D eigenvalue weighted by Crippen LogP contribution is -2.34. The number of rotatable bonds is 3. The molecular formula is C15H14BrNO3S. The van der Waals surface area contributed by atoms with E-state index < -0.39 is 22.2 Å². The standard InChI is InChI=1S/C15H14BrNO3S/c16-12-7-3-4-8-14(12)21(19,20)17-15-11-6-2-1-5-10(11)9-13(15)18/h1-8,13,15,17-18H,9H2/t13?,15-/m1/s1. The van der Waals surface area contributed by atoms with Gasteiger partial charge in [-0.25, -0.2) is 13.1 Å². The molecule has 2 N–H and O–H groups in total. The molecule has 1 aliphatic carbocycles. The number of fused-ring (bicyclic) bond motifs is 1. The highest BCUT2D eigenvalue weighted by molar-refractivity contribution is 9.10. The second-order valence-electron chi connectivity index (χ2n) is 5.00. The van der Waals surface area contributed by atoms with Crippen molar-refractivity contribution in [2.24, 2.45) is 0 Å². The van der Waals surface area contributed by atoms with Crippen LogP contribution in [-0.4, -0.2) is 19.6 Å². The van der Waals surface area contributed by atoms with E-state index in [1.165, 1.54) is 6.07 Å². The Bertz CT molecular complexity index is 776. The van der Waals surface area contributed by atoms with Gasteiger partial charge in [0.25, 0.3) is 0 Å². The molecule has 6 heteroatoms. The second kappa shape index (κ2) is 5.53. The lowest BCUT2D eigenvalue weighted by atomic mass is 10.1. The van der Waals surface area contributed by atoms with Crippen molar-refractivity contribution >= 4 is 26.0 Å². The highest BCUT2D eigenvalue weighted by Gasteiger charge is 2.34. The molecule has 1 unspecified atom stereocenters. The van der Waals surface area contributed by atoms with Gasteiger partial charge in [-0.15, -0.1) is 0 Å². The summed E-state index contributed by atoms with van der Waals surface area (Å²) in [5, 5.41) is 10.2. The first-order chi connectivity index (χ1) is 9.99. The van der Waals surface area contributed by atoms with Crippen LogP contribution < -0.4 is 4.72 Å². The van der Waals surface area contributed by atoms with E-state index in [4.69, 9.17) is 0 Å². The fraction of sp³-hybridized carbons (Fsp3) is 0.200. The Labute approximate surface area is 132 Å². The first-order valence-electron chi connectivity index (χ1n) is 6.52. The molecule has 1 aliphatic rings. The molecule has 0 radical (unpaired) electrons. The van der Waals surface area contributed by atoms with Gasteiger partial charge >= 0.3 is 0 Å². The summed E-state index contributed by atoms with van der Waals surface area (Å²) >= 11 is 3.25. The van der Waals surface area contributed by atoms with Gasteiger partial charge < -0.3 is 5.11 Å². The molecule has 0 saturated carbocycles. The molecule has 110 valence electrons. The lowest BCUT2D eigenvalue weighted by Gasteiger charge is -2.18. The van der Waals surface area contributed by atoms with E-state index in [2.05, 4.69) is 20.7 Å². The molecule has 0 amide bonds. The zero-order chi connectivity index (χ0) is 15.0. The van der Waals surface area contributed by atoms with Crippen LogP contribution in [0.15, 0.2) is 57.9 Å². The molecule has 0 heterocycles. The molecule has 4 nitrogen and oxygen atoms in total. The van der Waals surface area contributed by atoms with E-state index in [0.29, 0.717) is 10.9 Å². The van der Waals surface area contributed by atoms with Crippen LogP contribution in [0.4, 0.5) is 0 Å². The summed E-state index contributed by atoms with van der Waals surface area (Å²) < 4.78 is 28.1. The molecule has 0 aromatic heterocycles. The fourth-order valence-corrected chi connectivity index (χ4v) is 4.86. The van der Waals surface area contributed by atoms with Crippen molar-refractivity contribution in [1.82, 2.24) is 4.72 Å². The Morgan fingerprint density at radius 3 is 2.52 bits per heavy atom. The van der Waals surface area contributed by atoms with Crippen molar-refractivity contribution in [2.75, 3.05) is 0 Å². The normalized spacial score (nSPS) is 21.2. The second-order valence-corrected chi connectivity index (χ2v) is 7.54. The van der Waals surface area contributed by atoms with Crippen LogP contribution in [0.1, 0.15) is 17.2 Å². The molecule has 2 aromatic carbocycles. The summed E-state index contributed by atoms with van der Waals surface area (Å²) in [5.74, 6) is 0. The number of hydrogen-bond acceptors (Lipinski definition) is 3. The topological polar surface area (TPSA) is 66.4 Å². The smallest absolute Gasteiger partial charge is 0.242 e. The number of aliphatic hydroxyl groups excluding tert-OH is 1. The van der Waals surface area contributed by atoms with Gasteiger partial charge in [0, 0.05) is 10.9 Å². The minimum atomic E-state index is -3.71. The molecule has 0 spiro atoms. The Hall–Kier alpha value is -1.21. The minimum absolute atomic E-state index is 0.168. The summed E-state index contributed by atoms with van der Waals surface area (Å²) in [7, 11) is -3.71. The third kappa shape index (κ3) is 2.76. The fourth-order valence-electron chi connectivity index (χ4n) is 2.61. The average Bonchev–Trinajstić information content (AvgIpc) is 2.75. The van der Waals surface area contributed by atoms with Gasteiger partial charge in [-0.3, -0.25) is 0 Å². The van der Waals surface area contributed by atoms with E-state index >= 15 is 0 Å². The van der Waals surface area contributed by atoms with Gasteiger partial charge in [0.2, 0.25) is 10.0 Å². The maximum Gasteiger partial charge on any atom is 0.242 e. The van der Waals surface area contributed by atoms with E-state index in [1.54, 1.807) is 18.2 Å². The summed E-state index contributed by atoms with van der Waals surface area (Å²) in [5.41, 5.74) is 1.81. The van der Waals surface area contributed by atoms with E-state index in [0.717, 1.165) is 11.1 Å². The largest absolute Gasteiger partial charge is 0.391 e. The van der Waals surface area contributed by atoms with Crippen LogP contribution in [0.5, 0.6) is 0 Å². The Morgan fingerprint density at radius 2 is 1.76 bits per heavy atom. The molecule has 2 atom stereocenters. The third-order valence-corrected chi connectivity index (χ3v) is 6.07. The molecule has 0 bridgehead atoms. The average molecular weight is 368 g/mol. The highest BCUT2D eigenvalue weighted by Crippen LogP contribution is 2.33. The first kappa shape index (κ1) is 14.7. The third-order valence-electron chi connectivity index (χ3n) is 3.61. The number of sulfonamides is 1. The van der Waals surface area contributed by atoms with Crippen LogP contribution in [0, 0.1) is 0 Å². The van der Waals surface area contributed by atoms with Gasteiger partial charge in [0.15, 0.2) is 0 Å². The quantitative estimate of drug-likeness (QED) is 0.874. The van der Waals surface area contributed by atoms with Crippen molar-refractivity contribution in [3.63, 3.8) is 0 Å². The molecule has 21 heavy (non-hydrogen) atoms. The summed E-state index contributed by atoms with van der Waals surface area (Å²) in [6, 6.07) is 13.5. The van der Waals surface area contributed by atoms with Gasteiger partial charge in [0.05, 0.1) is 17.0 Å². The summed E-state index contributed by atoms with van der Waals surface area (Å²) in [6.07, 6.45) is -0.293. The van der Waals surface area contributed by atoms with Crippen molar-refractivity contribution in [3.05, 3.63) is 64.1 Å². The van der Waals surface area contributed by atoms with Crippen molar-refractivity contribution in [1.29, 1.82) is 0 Å². The predicted molar refractivity (Wildman–Crippen MR) is 83.4 cm³/mol. The van der Waals surface area contributed by atoms with E-state index in [1.807, 2.05) is 24.3 Å². The van der Waals surface area contributed by atoms with Crippen LogP contribution in [0.3, 0.4) is 0 Å². The van der Waals surface area contributed by atoms with Crippen molar-refractivity contribution in [3.8, 4) is 0 Å². The van der Waals surface area contributed by atoms with Gasteiger partial charge in [0.1, 0.15) is 0 Å². The maximum absolute atomic E-state index is 12.5. The van der Waals surface area contributed by atoms with E-state index in [-0.39, 0.29) is 4.90 Å². The Balaban J connectivity index is 1.95. The molecule has 0 saturated heterocycles. The van der Waals surface area contributed by atoms with Crippen LogP contribution in [-0.2, 0) is 16.4 Å².